The van der Waals surface area contributed by atoms with Crippen molar-refractivity contribution in [2.45, 2.75) is 13.5 Å². The minimum absolute atomic E-state index is 0.848. The first kappa shape index (κ1) is 11.7. The van der Waals surface area contributed by atoms with E-state index in [9.17, 15) is 0 Å². The standard InChI is InChI=1S/C12H16IN3/c1-9-7-10(3-4-11(9)13)8-15-12-14-5-6-16(12)2/h3-4,7H,5-6,8H2,1-2H3,(H,14,15). The van der Waals surface area contributed by atoms with Crippen LogP contribution in [0, 0.1) is 10.5 Å². The highest BCUT2D eigenvalue weighted by molar-refractivity contribution is 14.1. The van der Waals surface area contributed by atoms with Crippen molar-refractivity contribution >= 4 is 28.6 Å². The molecule has 1 N–H and O–H groups in total. The van der Waals surface area contributed by atoms with Gasteiger partial charge in [-0.15, -0.1) is 0 Å². The van der Waals surface area contributed by atoms with Gasteiger partial charge in [-0.1, -0.05) is 12.1 Å². The monoisotopic (exact) mass is 329 g/mol. The zero-order chi connectivity index (χ0) is 11.5. The molecule has 1 aliphatic heterocycles. The third kappa shape index (κ3) is 2.66. The van der Waals surface area contributed by atoms with E-state index in [0.717, 1.165) is 25.6 Å². The molecule has 0 bridgehead atoms. The van der Waals surface area contributed by atoms with Gasteiger partial charge in [0.05, 0.1) is 6.54 Å². The third-order valence-electron chi connectivity index (χ3n) is 2.73. The van der Waals surface area contributed by atoms with Crippen LogP contribution in [0.1, 0.15) is 11.1 Å². The zero-order valence-electron chi connectivity index (χ0n) is 9.63. The first-order chi connectivity index (χ1) is 7.66. The molecule has 0 unspecified atom stereocenters. The molecule has 0 radical (unpaired) electrons. The number of halogens is 1. The van der Waals surface area contributed by atoms with E-state index in [0.29, 0.717) is 0 Å². The molecule has 1 aliphatic rings. The number of hydrogen-bond donors (Lipinski definition) is 1. The van der Waals surface area contributed by atoms with Crippen LogP contribution in [0.3, 0.4) is 0 Å². The molecule has 0 aromatic heterocycles. The van der Waals surface area contributed by atoms with E-state index in [1.807, 2.05) is 0 Å². The second-order valence-electron chi connectivity index (χ2n) is 4.06. The van der Waals surface area contributed by atoms with E-state index >= 15 is 0 Å². The van der Waals surface area contributed by atoms with E-state index in [4.69, 9.17) is 0 Å². The SMILES string of the molecule is Cc1cc(CNC2=NCCN2C)ccc1I. The molecule has 4 heteroatoms. The Labute approximate surface area is 110 Å². The lowest BCUT2D eigenvalue weighted by Crippen LogP contribution is -2.35. The smallest absolute Gasteiger partial charge is 0.194 e. The predicted molar refractivity (Wildman–Crippen MR) is 75.7 cm³/mol. The van der Waals surface area contributed by atoms with Gasteiger partial charge in [-0.25, -0.2) is 0 Å². The molecule has 0 atom stereocenters. The number of nitrogens with one attached hydrogen (secondary N) is 1. The highest BCUT2D eigenvalue weighted by Gasteiger charge is 2.11. The van der Waals surface area contributed by atoms with Crippen molar-refractivity contribution < 1.29 is 0 Å². The van der Waals surface area contributed by atoms with Crippen molar-refractivity contribution in [2.24, 2.45) is 4.99 Å². The lowest BCUT2D eigenvalue weighted by Gasteiger charge is -2.15. The van der Waals surface area contributed by atoms with Crippen LogP contribution in [0.5, 0.6) is 0 Å². The second-order valence-corrected chi connectivity index (χ2v) is 5.23. The average Bonchev–Trinajstić information content (AvgIpc) is 2.66. The van der Waals surface area contributed by atoms with Crippen molar-refractivity contribution in [3.8, 4) is 0 Å². The van der Waals surface area contributed by atoms with Crippen LogP contribution in [0.25, 0.3) is 0 Å². The summed E-state index contributed by atoms with van der Waals surface area (Å²) in [6.45, 7) is 4.92. The zero-order valence-corrected chi connectivity index (χ0v) is 11.8. The fourth-order valence-electron chi connectivity index (χ4n) is 1.72. The number of guanidine groups is 1. The Morgan fingerprint density at radius 1 is 1.50 bits per heavy atom. The van der Waals surface area contributed by atoms with Crippen LogP contribution in [0.2, 0.25) is 0 Å². The number of hydrogen-bond acceptors (Lipinski definition) is 3. The van der Waals surface area contributed by atoms with Crippen molar-refractivity contribution in [1.29, 1.82) is 0 Å². The summed E-state index contributed by atoms with van der Waals surface area (Å²) in [5.74, 6) is 1.01. The van der Waals surface area contributed by atoms with Gasteiger partial charge < -0.3 is 10.2 Å². The van der Waals surface area contributed by atoms with E-state index in [1.54, 1.807) is 0 Å². The summed E-state index contributed by atoms with van der Waals surface area (Å²) in [7, 11) is 2.07. The van der Waals surface area contributed by atoms with Crippen molar-refractivity contribution in [1.82, 2.24) is 10.2 Å². The van der Waals surface area contributed by atoms with Gasteiger partial charge in [0.15, 0.2) is 5.96 Å². The summed E-state index contributed by atoms with van der Waals surface area (Å²) >= 11 is 2.36. The van der Waals surface area contributed by atoms with Gasteiger partial charge in [-0.05, 0) is 46.7 Å². The Balaban J connectivity index is 1.97. The molecule has 0 aliphatic carbocycles. The molecule has 86 valence electrons. The van der Waals surface area contributed by atoms with E-state index < -0.39 is 0 Å². The second kappa shape index (κ2) is 5.03. The number of likely N-dealkylation sites (N-methyl/N-ethyl adjacent to an activating group) is 1. The molecular formula is C12H16IN3. The summed E-state index contributed by atoms with van der Waals surface area (Å²) < 4.78 is 1.32. The Kier molecular flexibility index (Phi) is 3.68. The topological polar surface area (TPSA) is 27.6 Å². The van der Waals surface area contributed by atoms with Crippen LogP contribution >= 0.6 is 22.6 Å². The van der Waals surface area contributed by atoms with Gasteiger partial charge in [0, 0.05) is 23.7 Å². The van der Waals surface area contributed by atoms with Gasteiger partial charge in [0.1, 0.15) is 0 Å². The Bertz CT molecular complexity index is 415. The van der Waals surface area contributed by atoms with Gasteiger partial charge in [0.25, 0.3) is 0 Å². The maximum Gasteiger partial charge on any atom is 0.194 e. The molecule has 2 rings (SSSR count). The summed E-state index contributed by atoms with van der Waals surface area (Å²) in [6.07, 6.45) is 0. The van der Waals surface area contributed by atoms with Gasteiger partial charge in [0.2, 0.25) is 0 Å². The molecule has 16 heavy (non-hydrogen) atoms. The molecule has 1 aromatic rings. The van der Waals surface area contributed by atoms with Crippen LogP contribution < -0.4 is 5.32 Å². The minimum atomic E-state index is 0.848. The number of aryl methyl sites for hydroxylation is 1. The number of aliphatic imine (C=N–C) groups is 1. The summed E-state index contributed by atoms with van der Waals surface area (Å²) in [6, 6.07) is 6.55. The molecule has 0 amide bonds. The molecule has 0 saturated heterocycles. The van der Waals surface area contributed by atoms with Gasteiger partial charge >= 0.3 is 0 Å². The van der Waals surface area contributed by atoms with Crippen LogP contribution in [0.15, 0.2) is 23.2 Å². The fourth-order valence-corrected chi connectivity index (χ4v) is 2.06. The largest absolute Gasteiger partial charge is 0.352 e. The van der Waals surface area contributed by atoms with Crippen LogP contribution in [0.4, 0.5) is 0 Å². The quantitative estimate of drug-likeness (QED) is 0.841. The third-order valence-corrected chi connectivity index (χ3v) is 3.94. The first-order valence-corrected chi connectivity index (χ1v) is 6.49. The number of benzene rings is 1. The van der Waals surface area contributed by atoms with Crippen LogP contribution in [-0.4, -0.2) is 31.0 Å². The lowest BCUT2D eigenvalue weighted by molar-refractivity contribution is 0.534. The summed E-state index contributed by atoms with van der Waals surface area (Å²) in [5.41, 5.74) is 2.64. The average molecular weight is 329 g/mol. The van der Waals surface area contributed by atoms with Gasteiger partial charge in [-0.2, -0.15) is 0 Å². The Hall–Kier alpha value is -0.780. The van der Waals surface area contributed by atoms with Crippen molar-refractivity contribution in [3.05, 3.63) is 32.9 Å². The molecule has 0 saturated carbocycles. The molecule has 0 spiro atoms. The lowest BCUT2D eigenvalue weighted by atomic mass is 10.1. The summed E-state index contributed by atoms with van der Waals surface area (Å²) in [4.78, 5) is 6.55. The maximum absolute atomic E-state index is 4.40. The van der Waals surface area contributed by atoms with E-state index in [2.05, 4.69) is 70.0 Å². The maximum atomic E-state index is 4.40. The van der Waals surface area contributed by atoms with Crippen LogP contribution in [-0.2, 0) is 6.54 Å². The number of rotatable bonds is 2. The Morgan fingerprint density at radius 2 is 2.31 bits per heavy atom. The molecular weight excluding hydrogens is 313 g/mol. The molecule has 1 heterocycles. The number of nitrogens with zero attached hydrogens (tertiary/aromatic N) is 2. The highest BCUT2D eigenvalue weighted by Crippen LogP contribution is 2.13. The van der Waals surface area contributed by atoms with Gasteiger partial charge in [-0.3, -0.25) is 4.99 Å². The summed E-state index contributed by atoms with van der Waals surface area (Å²) in [5, 5.41) is 3.37. The van der Waals surface area contributed by atoms with Crippen molar-refractivity contribution in [2.75, 3.05) is 20.1 Å². The van der Waals surface area contributed by atoms with Crippen molar-refractivity contribution in [3.63, 3.8) is 0 Å². The minimum Gasteiger partial charge on any atom is -0.352 e. The predicted octanol–water partition coefficient (Wildman–Crippen LogP) is 1.99. The fraction of sp³-hybridized carbons (Fsp3) is 0.417. The molecule has 3 nitrogen and oxygen atoms in total. The Morgan fingerprint density at radius 3 is 2.94 bits per heavy atom. The normalized spacial score (nSPS) is 15.2. The molecule has 1 aromatic carbocycles. The van der Waals surface area contributed by atoms with E-state index in [1.165, 1.54) is 14.7 Å². The molecule has 0 fully saturated rings. The highest BCUT2D eigenvalue weighted by atomic mass is 127. The first-order valence-electron chi connectivity index (χ1n) is 5.41. The van der Waals surface area contributed by atoms with E-state index in [-0.39, 0.29) is 0 Å².